The summed E-state index contributed by atoms with van der Waals surface area (Å²) in [5.74, 6) is -0.289. The molecule has 0 spiro atoms. The fourth-order valence-electron chi connectivity index (χ4n) is 2.22. The molecule has 0 saturated heterocycles. The second-order valence-electron chi connectivity index (χ2n) is 5.47. The van der Waals surface area contributed by atoms with Crippen LogP contribution in [0.5, 0.6) is 0 Å². The molecule has 8 nitrogen and oxygen atoms in total. The van der Waals surface area contributed by atoms with Crippen LogP contribution in [-0.4, -0.2) is 36.1 Å². The molecule has 0 unspecified atom stereocenters. The van der Waals surface area contributed by atoms with Crippen molar-refractivity contribution >= 4 is 27.3 Å². The quantitative estimate of drug-likeness (QED) is 0.660. The van der Waals surface area contributed by atoms with E-state index in [-0.39, 0.29) is 17.3 Å². The highest BCUT2D eigenvalue weighted by Crippen LogP contribution is 2.22. The summed E-state index contributed by atoms with van der Waals surface area (Å²) in [5, 5.41) is 9.29. The lowest BCUT2D eigenvalue weighted by molar-refractivity contribution is 0.0946. The molecule has 3 aromatic rings. The van der Waals surface area contributed by atoms with Crippen LogP contribution in [0, 0.1) is 0 Å². The normalized spacial score (nSPS) is 11.5. The van der Waals surface area contributed by atoms with Crippen LogP contribution in [0.1, 0.15) is 16.1 Å². The van der Waals surface area contributed by atoms with Crippen LogP contribution in [0.25, 0.3) is 10.6 Å². The number of carbonyl (C=O) groups excluding carboxylic acids is 1. The molecule has 1 amide bonds. The molecule has 0 radical (unpaired) electrons. The van der Waals surface area contributed by atoms with Crippen molar-refractivity contribution in [1.82, 2.24) is 24.8 Å². The van der Waals surface area contributed by atoms with Crippen LogP contribution >= 0.6 is 11.3 Å². The van der Waals surface area contributed by atoms with Crippen molar-refractivity contribution in [1.29, 1.82) is 0 Å². The molecule has 136 valence electrons. The monoisotopic (exact) mass is 391 g/mol. The van der Waals surface area contributed by atoms with Gasteiger partial charge in [0.25, 0.3) is 5.91 Å². The molecule has 10 heteroatoms. The summed E-state index contributed by atoms with van der Waals surface area (Å²) >= 11 is 1.37. The summed E-state index contributed by atoms with van der Waals surface area (Å²) in [4.78, 5) is 16.8. The van der Waals surface area contributed by atoms with E-state index in [1.165, 1.54) is 30.5 Å². The van der Waals surface area contributed by atoms with Gasteiger partial charge in [0.1, 0.15) is 10.7 Å². The van der Waals surface area contributed by atoms with Crippen LogP contribution in [0.3, 0.4) is 0 Å². The van der Waals surface area contributed by atoms with Crippen LogP contribution in [0.2, 0.25) is 0 Å². The first kappa shape index (κ1) is 18.2. The third-order valence-corrected chi connectivity index (χ3v) is 5.97. The Morgan fingerprint density at radius 2 is 2.00 bits per heavy atom. The number of nitrogens with one attached hydrogen (secondary N) is 2. The second-order valence-corrected chi connectivity index (χ2v) is 8.22. The average Bonchev–Trinajstić information content (AvgIpc) is 3.29. The number of nitrogens with zero attached hydrogens (tertiary/aromatic N) is 3. The largest absolute Gasteiger partial charge is 0.347 e. The molecule has 0 bridgehead atoms. The van der Waals surface area contributed by atoms with E-state index < -0.39 is 10.0 Å². The van der Waals surface area contributed by atoms with E-state index >= 15 is 0 Å². The first-order valence-corrected chi connectivity index (χ1v) is 10.0. The highest BCUT2D eigenvalue weighted by Gasteiger charge is 2.13. The number of hydrogen-bond acceptors (Lipinski definition) is 6. The van der Waals surface area contributed by atoms with Crippen LogP contribution < -0.4 is 10.0 Å². The summed E-state index contributed by atoms with van der Waals surface area (Å²) in [6.45, 7) is 0.276. The summed E-state index contributed by atoms with van der Waals surface area (Å²) in [7, 11) is -0.288. The van der Waals surface area contributed by atoms with E-state index in [0.717, 1.165) is 16.1 Å². The molecule has 0 aliphatic carbocycles. The minimum Gasteiger partial charge on any atom is -0.347 e. The van der Waals surface area contributed by atoms with Gasteiger partial charge in [0.15, 0.2) is 0 Å². The lowest BCUT2D eigenvalue weighted by Crippen LogP contribution is -2.23. The predicted molar refractivity (Wildman–Crippen MR) is 98.2 cm³/mol. The van der Waals surface area contributed by atoms with Crippen molar-refractivity contribution in [3.05, 3.63) is 53.3 Å². The second kappa shape index (κ2) is 7.36. The number of aryl methyl sites for hydroxylation is 1. The lowest BCUT2D eigenvalue weighted by atomic mass is 10.2. The van der Waals surface area contributed by atoms with Crippen molar-refractivity contribution in [3.8, 4) is 10.6 Å². The maximum Gasteiger partial charge on any atom is 0.271 e. The Balaban J connectivity index is 1.63. The highest BCUT2D eigenvalue weighted by molar-refractivity contribution is 7.89. The topological polar surface area (TPSA) is 106 Å². The van der Waals surface area contributed by atoms with Gasteiger partial charge in [0, 0.05) is 30.7 Å². The molecule has 3 rings (SSSR count). The third kappa shape index (κ3) is 3.98. The molecule has 0 aliphatic heterocycles. The number of thiazole rings is 1. The number of amides is 1. The van der Waals surface area contributed by atoms with E-state index in [1.807, 2.05) is 13.2 Å². The molecule has 0 atom stereocenters. The first-order chi connectivity index (χ1) is 12.4. The summed E-state index contributed by atoms with van der Waals surface area (Å²) in [6.07, 6.45) is 3.53. The fourth-order valence-corrected chi connectivity index (χ4v) is 3.73. The zero-order valence-corrected chi connectivity index (χ0v) is 15.8. The smallest absolute Gasteiger partial charge is 0.271 e. The van der Waals surface area contributed by atoms with Gasteiger partial charge in [0.2, 0.25) is 10.0 Å². The van der Waals surface area contributed by atoms with E-state index in [1.54, 1.807) is 28.4 Å². The minimum atomic E-state index is -3.46. The Labute approximate surface area is 154 Å². The summed E-state index contributed by atoms with van der Waals surface area (Å²) in [6, 6.07) is 6.31. The van der Waals surface area contributed by atoms with Crippen LogP contribution in [0.15, 0.2) is 46.9 Å². The Morgan fingerprint density at radius 3 is 2.62 bits per heavy atom. The molecule has 2 aromatic heterocycles. The Bertz CT molecular complexity index is 1020. The molecule has 2 heterocycles. The SMILES string of the molecule is CNS(=O)(=O)c1ccc(CNC(=O)c2csc(-c3cnn(C)c3)n2)cc1. The molecule has 26 heavy (non-hydrogen) atoms. The number of carbonyl (C=O) groups is 1. The number of aromatic nitrogens is 3. The minimum absolute atomic E-state index is 0.177. The van der Waals surface area contributed by atoms with Gasteiger partial charge in [-0.3, -0.25) is 9.48 Å². The van der Waals surface area contributed by atoms with Gasteiger partial charge in [-0.05, 0) is 24.7 Å². The van der Waals surface area contributed by atoms with Gasteiger partial charge in [-0.25, -0.2) is 18.1 Å². The summed E-state index contributed by atoms with van der Waals surface area (Å²) in [5.41, 5.74) is 1.98. The zero-order chi connectivity index (χ0) is 18.7. The van der Waals surface area contributed by atoms with Gasteiger partial charge in [-0.2, -0.15) is 5.10 Å². The molecule has 0 saturated carbocycles. The summed E-state index contributed by atoms with van der Waals surface area (Å²) < 4.78 is 27.3. The van der Waals surface area contributed by atoms with E-state index in [9.17, 15) is 13.2 Å². The Kier molecular flexibility index (Phi) is 5.16. The number of benzene rings is 1. The fraction of sp³-hybridized carbons (Fsp3) is 0.188. The standard InChI is InChI=1S/C16H17N5O3S2/c1-17-26(23,24)13-5-3-11(4-6-13)7-18-15(22)14-10-25-16(20-14)12-8-19-21(2)9-12/h3-6,8-10,17H,7H2,1-2H3,(H,18,22). The molecule has 0 fully saturated rings. The molecule has 2 N–H and O–H groups in total. The Morgan fingerprint density at radius 1 is 1.27 bits per heavy atom. The van der Waals surface area contributed by atoms with Crippen molar-refractivity contribution in [2.24, 2.45) is 7.05 Å². The van der Waals surface area contributed by atoms with Gasteiger partial charge in [0.05, 0.1) is 11.1 Å². The number of hydrogen-bond donors (Lipinski definition) is 2. The molecular weight excluding hydrogens is 374 g/mol. The Hall–Kier alpha value is -2.56. The van der Waals surface area contributed by atoms with Crippen LogP contribution in [0.4, 0.5) is 0 Å². The molecule has 0 aliphatic rings. The van der Waals surface area contributed by atoms with Crippen molar-refractivity contribution in [3.63, 3.8) is 0 Å². The molecular formula is C16H17N5O3S2. The van der Waals surface area contributed by atoms with Gasteiger partial charge in [-0.1, -0.05) is 12.1 Å². The van der Waals surface area contributed by atoms with Crippen molar-refractivity contribution in [2.75, 3.05) is 7.05 Å². The lowest BCUT2D eigenvalue weighted by Gasteiger charge is -2.06. The van der Waals surface area contributed by atoms with Crippen LogP contribution in [-0.2, 0) is 23.6 Å². The van der Waals surface area contributed by atoms with E-state index in [2.05, 4.69) is 20.1 Å². The highest BCUT2D eigenvalue weighted by atomic mass is 32.2. The predicted octanol–water partition coefficient (Wildman–Crippen LogP) is 1.38. The maximum atomic E-state index is 12.2. The first-order valence-electron chi connectivity index (χ1n) is 7.64. The maximum absolute atomic E-state index is 12.2. The zero-order valence-electron chi connectivity index (χ0n) is 14.1. The van der Waals surface area contributed by atoms with Gasteiger partial charge in [-0.15, -0.1) is 11.3 Å². The van der Waals surface area contributed by atoms with E-state index in [4.69, 9.17) is 0 Å². The van der Waals surface area contributed by atoms with Gasteiger partial charge >= 0.3 is 0 Å². The number of rotatable bonds is 6. The van der Waals surface area contributed by atoms with Gasteiger partial charge < -0.3 is 5.32 Å². The average molecular weight is 391 g/mol. The third-order valence-electron chi connectivity index (χ3n) is 3.64. The van der Waals surface area contributed by atoms with Crippen molar-refractivity contribution in [2.45, 2.75) is 11.4 Å². The number of sulfonamides is 1. The van der Waals surface area contributed by atoms with Crippen molar-refractivity contribution < 1.29 is 13.2 Å². The molecule has 1 aromatic carbocycles. The van der Waals surface area contributed by atoms with E-state index in [0.29, 0.717) is 5.69 Å².